The first-order chi connectivity index (χ1) is 15.8. The van der Waals surface area contributed by atoms with Gasteiger partial charge in [-0.2, -0.15) is 5.26 Å². The first-order valence-corrected chi connectivity index (χ1v) is 10.5. The third-order valence-electron chi connectivity index (χ3n) is 5.50. The van der Waals surface area contributed by atoms with Crippen LogP contribution in [0.25, 0.3) is 5.76 Å². The van der Waals surface area contributed by atoms with E-state index in [1.807, 2.05) is 19.9 Å². The number of furan rings is 1. The van der Waals surface area contributed by atoms with Crippen LogP contribution in [0, 0.1) is 25.2 Å². The second kappa shape index (κ2) is 8.67. The summed E-state index contributed by atoms with van der Waals surface area (Å²) in [7, 11) is 0. The van der Waals surface area contributed by atoms with Gasteiger partial charge < -0.3 is 14.3 Å². The van der Waals surface area contributed by atoms with Crippen LogP contribution < -0.4 is 9.64 Å². The van der Waals surface area contributed by atoms with E-state index in [1.165, 1.54) is 4.90 Å². The molecule has 1 saturated heterocycles. The molecule has 7 nitrogen and oxygen atoms in total. The highest BCUT2D eigenvalue weighted by molar-refractivity contribution is 6.51. The van der Waals surface area contributed by atoms with Crippen molar-refractivity contribution in [1.29, 1.82) is 5.26 Å². The number of hydrogen-bond acceptors (Lipinski definition) is 6. The normalized spacial score (nSPS) is 17.3. The first kappa shape index (κ1) is 21.9. The van der Waals surface area contributed by atoms with Gasteiger partial charge in [0.05, 0.1) is 23.8 Å². The molecule has 1 aliphatic rings. The smallest absolute Gasteiger partial charge is 0.300 e. The maximum atomic E-state index is 13.1. The van der Waals surface area contributed by atoms with Crippen LogP contribution in [0.3, 0.4) is 0 Å². The average molecular weight is 442 g/mol. The summed E-state index contributed by atoms with van der Waals surface area (Å²) < 4.78 is 11.3. The molecule has 33 heavy (non-hydrogen) atoms. The molecule has 0 spiro atoms. The van der Waals surface area contributed by atoms with E-state index in [0.29, 0.717) is 40.7 Å². The highest BCUT2D eigenvalue weighted by Crippen LogP contribution is 2.43. The standard InChI is InChI=1S/C26H22N2O5/c1-4-32-20-12-8-18(13-15(20)2)24(29)22-23(21-11-5-16(3)33-21)28(26(31)25(22)30)19-9-6-17(14-27)7-10-19/h5-13,23,29H,4H2,1-3H3/b24-22-. The third-order valence-corrected chi connectivity index (χ3v) is 5.50. The molecule has 2 aromatic carbocycles. The minimum absolute atomic E-state index is 0.0673. The first-order valence-electron chi connectivity index (χ1n) is 10.5. The number of aliphatic hydroxyl groups excluding tert-OH is 1. The van der Waals surface area contributed by atoms with E-state index in [0.717, 1.165) is 5.56 Å². The minimum atomic E-state index is -0.960. The number of rotatable bonds is 5. The number of anilines is 1. The van der Waals surface area contributed by atoms with Crippen LogP contribution in [0.5, 0.6) is 5.75 Å². The predicted octanol–water partition coefficient (Wildman–Crippen LogP) is 4.79. The van der Waals surface area contributed by atoms with Crippen molar-refractivity contribution in [2.24, 2.45) is 0 Å². The molecule has 1 aromatic heterocycles. The van der Waals surface area contributed by atoms with E-state index in [9.17, 15) is 14.7 Å². The van der Waals surface area contributed by atoms with E-state index >= 15 is 0 Å². The van der Waals surface area contributed by atoms with Crippen LogP contribution >= 0.6 is 0 Å². The van der Waals surface area contributed by atoms with Crippen LogP contribution in [0.15, 0.2) is 64.6 Å². The Morgan fingerprint density at radius 1 is 1.12 bits per heavy atom. The van der Waals surface area contributed by atoms with Gasteiger partial charge in [-0.3, -0.25) is 14.5 Å². The highest BCUT2D eigenvalue weighted by atomic mass is 16.5. The maximum Gasteiger partial charge on any atom is 0.300 e. The number of ketones is 1. The molecule has 7 heteroatoms. The van der Waals surface area contributed by atoms with Gasteiger partial charge in [0, 0.05) is 11.3 Å². The van der Waals surface area contributed by atoms with Gasteiger partial charge in [-0.25, -0.2) is 0 Å². The zero-order chi connectivity index (χ0) is 23.7. The molecule has 1 fully saturated rings. The molecule has 166 valence electrons. The van der Waals surface area contributed by atoms with Gasteiger partial charge in [-0.1, -0.05) is 0 Å². The van der Waals surface area contributed by atoms with Crippen molar-refractivity contribution < 1.29 is 23.8 Å². The van der Waals surface area contributed by atoms with Crippen molar-refractivity contribution in [2.45, 2.75) is 26.8 Å². The summed E-state index contributed by atoms with van der Waals surface area (Å²) in [5.74, 6) is -0.280. The number of amides is 1. The zero-order valence-corrected chi connectivity index (χ0v) is 18.5. The molecule has 1 unspecified atom stereocenters. The van der Waals surface area contributed by atoms with Crippen molar-refractivity contribution in [3.8, 4) is 11.8 Å². The van der Waals surface area contributed by atoms with Crippen LogP contribution in [0.2, 0.25) is 0 Å². The molecule has 0 radical (unpaired) electrons. The van der Waals surface area contributed by atoms with Gasteiger partial charge in [0.15, 0.2) is 0 Å². The fourth-order valence-corrected chi connectivity index (χ4v) is 3.93. The molecular formula is C26H22N2O5. The van der Waals surface area contributed by atoms with Gasteiger partial charge in [-0.15, -0.1) is 0 Å². The number of nitriles is 1. The van der Waals surface area contributed by atoms with Gasteiger partial charge in [0.2, 0.25) is 0 Å². The zero-order valence-electron chi connectivity index (χ0n) is 18.5. The van der Waals surface area contributed by atoms with Crippen molar-refractivity contribution in [3.63, 3.8) is 0 Å². The van der Waals surface area contributed by atoms with Gasteiger partial charge in [-0.05, 0) is 80.9 Å². The number of benzene rings is 2. The number of aliphatic hydroxyl groups is 1. The molecule has 4 rings (SSSR count). The monoisotopic (exact) mass is 442 g/mol. The van der Waals surface area contributed by atoms with E-state index in [2.05, 4.69) is 0 Å². The lowest BCUT2D eigenvalue weighted by molar-refractivity contribution is -0.132. The highest BCUT2D eigenvalue weighted by Gasteiger charge is 2.48. The molecule has 2 heterocycles. The number of carbonyl (C=O) groups is 2. The lowest BCUT2D eigenvalue weighted by Crippen LogP contribution is -2.29. The molecule has 1 amide bonds. The Morgan fingerprint density at radius 2 is 1.85 bits per heavy atom. The van der Waals surface area contributed by atoms with Crippen molar-refractivity contribution in [2.75, 3.05) is 11.5 Å². The predicted molar refractivity (Wildman–Crippen MR) is 122 cm³/mol. The summed E-state index contributed by atoms with van der Waals surface area (Å²) in [4.78, 5) is 27.5. The fourth-order valence-electron chi connectivity index (χ4n) is 3.93. The molecule has 0 bridgehead atoms. The summed E-state index contributed by atoms with van der Waals surface area (Å²) in [6, 6.07) is 15.9. The Bertz CT molecular complexity index is 1310. The Hall–Kier alpha value is -4.31. The number of carbonyl (C=O) groups excluding carboxylic acids is 2. The molecule has 1 atom stereocenters. The Kier molecular flexibility index (Phi) is 5.76. The second-order valence-corrected chi connectivity index (χ2v) is 7.69. The van der Waals surface area contributed by atoms with Crippen LogP contribution in [0.4, 0.5) is 5.69 Å². The Balaban J connectivity index is 1.88. The number of hydrogen-bond donors (Lipinski definition) is 1. The Morgan fingerprint density at radius 3 is 2.42 bits per heavy atom. The lowest BCUT2D eigenvalue weighted by Gasteiger charge is -2.23. The van der Waals surface area contributed by atoms with E-state index in [4.69, 9.17) is 14.4 Å². The maximum absolute atomic E-state index is 13.1. The summed E-state index contributed by atoms with van der Waals surface area (Å²) >= 11 is 0. The molecule has 3 aromatic rings. The van der Waals surface area contributed by atoms with Crippen molar-refractivity contribution in [1.82, 2.24) is 0 Å². The topological polar surface area (TPSA) is 104 Å². The van der Waals surface area contributed by atoms with Gasteiger partial charge in [0.1, 0.15) is 29.1 Å². The quantitative estimate of drug-likeness (QED) is 0.346. The summed E-state index contributed by atoms with van der Waals surface area (Å²) in [6.45, 7) is 5.97. The Labute approximate surface area is 191 Å². The van der Waals surface area contributed by atoms with Crippen molar-refractivity contribution >= 4 is 23.1 Å². The van der Waals surface area contributed by atoms with Gasteiger partial charge >= 0.3 is 0 Å². The van der Waals surface area contributed by atoms with Crippen LogP contribution in [-0.2, 0) is 9.59 Å². The molecule has 0 saturated carbocycles. The fraction of sp³-hybridized carbons (Fsp3) is 0.192. The second-order valence-electron chi connectivity index (χ2n) is 7.69. The molecular weight excluding hydrogens is 420 g/mol. The molecule has 1 N–H and O–H groups in total. The van der Waals surface area contributed by atoms with E-state index < -0.39 is 17.7 Å². The van der Waals surface area contributed by atoms with Crippen LogP contribution in [0.1, 0.15) is 41.2 Å². The average Bonchev–Trinajstić information content (AvgIpc) is 3.35. The number of ether oxygens (including phenoxy) is 1. The van der Waals surface area contributed by atoms with E-state index in [-0.39, 0.29) is 11.3 Å². The number of aryl methyl sites for hydroxylation is 2. The largest absolute Gasteiger partial charge is 0.507 e. The summed E-state index contributed by atoms with van der Waals surface area (Å²) in [6.07, 6.45) is 0. The number of Topliss-reactive ketones (excluding diaryl/α,β-unsaturated/α-hetero) is 1. The number of nitrogens with zero attached hydrogens (tertiary/aromatic N) is 2. The minimum Gasteiger partial charge on any atom is -0.507 e. The van der Waals surface area contributed by atoms with Gasteiger partial charge in [0.25, 0.3) is 11.7 Å². The van der Waals surface area contributed by atoms with E-state index in [1.54, 1.807) is 61.5 Å². The summed E-state index contributed by atoms with van der Waals surface area (Å²) in [5, 5.41) is 20.3. The summed E-state index contributed by atoms with van der Waals surface area (Å²) in [5.41, 5.74) is 1.94. The molecule has 1 aliphatic heterocycles. The molecule has 0 aliphatic carbocycles. The SMILES string of the molecule is CCOc1ccc(/C(O)=C2/C(=O)C(=O)N(c3ccc(C#N)cc3)C2c2ccc(C)o2)cc1C. The third kappa shape index (κ3) is 3.87. The lowest BCUT2D eigenvalue weighted by atomic mass is 9.98. The van der Waals surface area contributed by atoms with Crippen LogP contribution in [-0.4, -0.2) is 23.4 Å². The van der Waals surface area contributed by atoms with Crippen molar-refractivity contribution in [3.05, 3.63) is 88.4 Å².